The predicted octanol–water partition coefficient (Wildman–Crippen LogP) is 2.89. The van der Waals surface area contributed by atoms with E-state index < -0.39 is 5.97 Å². The third kappa shape index (κ3) is 6.42. The van der Waals surface area contributed by atoms with E-state index in [2.05, 4.69) is 22.2 Å². The molecule has 1 aromatic heterocycles. The fourth-order valence-corrected chi connectivity index (χ4v) is 2.21. The van der Waals surface area contributed by atoms with E-state index in [1.165, 1.54) is 0 Å². The van der Waals surface area contributed by atoms with E-state index in [0.29, 0.717) is 5.92 Å². The van der Waals surface area contributed by atoms with Gasteiger partial charge in [-0.05, 0) is 25.0 Å². The molecular weight excluding hydrogens is 262 g/mol. The van der Waals surface area contributed by atoms with E-state index >= 15 is 0 Å². The summed E-state index contributed by atoms with van der Waals surface area (Å²) >= 11 is 1.58. The van der Waals surface area contributed by atoms with Crippen LogP contribution in [0, 0.1) is 5.92 Å². The number of anilines is 1. The molecule has 0 radical (unpaired) electrons. The average Bonchev–Trinajstić information content (AvgIpc) is 2.42. The first-order chi connectivity index (χ1) is 9.15. The Balaban J connectivity index is 2.32. The lowest BCUT2D eigenvalue weighted by molar-refractivity contribution is -0.137. The van der Waals surface area contributed by atoms with Gasteiger partial charge >= 0.3 is 5.97 Å². The number of nitrogens with one attached hydrogen (secondary N) is 1. The Morgan fingerprint density at radius 3 is 2.89 bits per heavy atom. The average molecular weight is 283 g/mol. The quantitative estimate of drug-likeness (QED) is 0.536. The largest absolute Gasteiger partial charge is 0.481 e. The van der Waals surface area contributed by atoms with Gasteiger partial charge in [0.1, 0.15) is 17.2 Å². The molecule has 0 bridgehead atoms. The number of hydrogen-bond acceptors (Lipinski definition) is 5. The van der Waals surface area contributed by atoms with Crippen molar-refractivity contribution < 1.29 is 9.90 Å². The maximum Gasteiger partial charge on any atom is 0.303 e. The smallest absolute Gasteiger partial charge is 0.303 e. The molecule has 0 aromatic carbocycles. The van der Waals surface area contributed by atoms with Crippen LogP contribution in [-0.2, 0) is 4.79 Å². The van der Waals surface area contributed by atoms with Crippen molar-refractivity contribution in [1.82, 2.24) is 9.97 Å². The highest BCUT2D eigenvalue weighted by Gasteiger charge is 2.08. The lowest BCUT2D eigenvalue weighted by Crippen LogP contribution is -2.11. The summed E-state index contributed by atoms with van der Waals surface area (Å²) in [4.78, 5) is 18.8. The van der Waals surface area contributed by atoms with Crippen LogP contribution in [0.3, 0.4) is 0 Å². The van der Waals surface area contributed by atoms with Crippen molar-refractivity contribution in [3.63, 3.8) is 0 Å². The zero-order valence-electron chi connectivity index (χ0n) is 11.4. The van der Waals surface area contributed by atoms with Crippen LogP contribution in [0.15, 0.2) is 17.4 Å². The summed E-state index contributed by atoms with van der Waals surface area (Å²) in [6.07, 6.45) is 6.49. The van der Waals surface area contributed by atoms with Gasteiger partial charge in [0.05, 0.1) is 0 Å². The highest BCUT2D eigenvalue weighted by Crippen LogP contribution is 2.17. The molecule has 106 valence electrons. The van der Waals surface area contributed by atoms with Gasteiger partial charge in [0, 0.05) is 19.0 Å². The van der Waals surface area contributed by atoms with E-state index in [0.717, 1.165) is 36.7 Å². The molecule has 0 amide bonds. The minimum atomic E-state index is -0.716. The molecule has 0 spiro atoms. The van der Waals surface area contributed by atoms with E-state index in [1.54, 1.807) is 18.1 Å². The summed E-state index contributed by atoms with van der Waals surface area (Å²) in [5.41, 5.74) is 0. The molecule has 0 saturated carbocycles. The minimum Gasteiger partial charge on any atom is -0.481 e. The zero-order chi connectivity index (χ0) is 14.1. The summed E-state index contributed by atoms with van der Waals surface area (Å²) in [6, 6.07) is 1.92. The van der Waals surface area contributed by atoms with Crippen LogP contribution in [0.5, 0.6) is 0 Å². The first-order valence-corrected chi connectivity index (χ1v) is 7.69. The first-order valence-electron chi connectivity index (χ1n) is 6.47. The zero-order valence-corrected chi connectivity index (χ0v) is 12.2. The number of carbonyl (C=O) groups is 1. The van der Waals surface area contributed by atoms with Crippen molar-refractivity contribution in [2.75, 3.05) is 18.1 Å². The molecule has 0 fully saturated rings. The maximum absolute atomic E-state index is 10.6. The van der Waals surface area contributed by atoms with Crippen molar-refractivity contribution in [3.05, 3.63) is 12.4 Å². The number of rotatable bonds is 9. The molecule has 1 atom stereocenters. The van der Waals surface area contributed by atoms with Crippen LogP contribution < -0.4 is 5.32 Å². The van der Waals surface area contributed by atoms with Crippen LogP contribution in [0.25, 0.3) is 0 Å². The Hall–Kier alpha value is -1.30. The summed E-state index contributed by atoms with van der Waals surface area (Å²) in [5.74, 6) is 0.560. The molecule has 1 rings (SSSR count). The summed E-state index contributed by atoms with van der Waals surface area (Å²) in [6.45, 7) is 2.91. The second-order valence-electron chi connectivity index (χ2n) is 4.37. The molecule has 0 aliphatic rings. The molecule has 5 nitrogen and oxygen atoms in total. The molecule has 1 unspecified atom stereocenters. The van der Waals surface area contributed by atoms with Crippen molar-refractivity contribution in [2.45, 2.75) is 37.6 Å². The number of aliphatic carboxylic acids is 1. The van der Waals surface area contributed by atoms with Gasteiger partial charge < -0.3 is 10.4 Å². The van der Waals surface area contributed by atoms with Crippen molar-refractivity contribution in [1.29, 1.82) is 0 Å². The molecule has 19 heavy (non-hydrogen) atoms. The Bertz CT molecular complexity index is 401. The maximum atomic E-state index is 10.6. The number of hydrogen-bond donors (Lipinski definition) is 2. The van der Waals surface area contributed by atoms with Gasteiger partial charge in [0.15, 0.2) is 0 Å². The van der Waals surface area contributed by atoms with Crippen molar-refractivity contribution in [3.8, 4) is 0 Å². The third-order valence-electron chi connectivity index (χ3n) is 3.05. The summed E-state index contributed by atoms with van der Waals surface area (Å²) in [7, 11) is 0. The standard InChI is InChI=1S/C13H21N3O2S/c1-3-10(4-5-13(17)18)6-7-14-11-8-12(19-2)16-9-15-11/h8-10H,3-7H2,1-2H3,(H,17,18)(H,14,15,16). The summed E-state index contributed by atoms with van der Waals surface area (Å²) < 4.78 is 0. The first kappa shape index (κ1) is 15.8. The molecule has 0 aliphatic carbocycles. The van der Waals surface area contributed by atoms with Crippen LogP contribution in [0.2, 0.25) is 0 Å². The molecule has 1 heterocycles. The second kappa shape index (κ2) is 8.74. The number of nitrogens with zero attached hydrogens (tertiary/aromatic N) is 2. The molecule has 0 saturated heterocycles. The van der Waals surface area contributed by atoms with Crippen LogP contribution in [0.1, 0.15) is 32.6 Å². The number of carboxylic acids is 1. The number of aromatic nitrogens is 2. The van der Waals surface area contributed by atoms with Gasteiger partial charge in [-0.15, -0.1) is 11.8 Å². The highest BCUT2D eigenvalue weighted by molar-refractivity contribution is 7.98. The van der Waals surface area contributed by atoms with E-state index in [4.69, 9.17) is 5.11 Å². The van der Waals surface area contributed by atoms with Gasteiger partial charge in [-0.2, -0.15) is 0 Å². The Morgan fingerprint density at radius 2 is 2.26 bits per heavy atom. The van der Waals surface area contributed by atoms with Crippen LogP contribution >= 0.6 is 11.8 Å². The van der Waals surface area contributed by atoms with Crippen LogP contribution in [0.4, 0.5) is 5.82 Å². The van der Waals surface area contributed by atoms with Crippen molar-refractivity contribution in [2.24, 2.45) is 5.92 Å². The van der Waals surface area contributed by atoms with Gasteiger partial charge in [-0.25, -0.2) is 9.97 Å². The molecular formula is C13H21N3O2S. The van der Waals surface area contributed by atoms with E-state index in [1.807, 2.05) is 12.3 Å². The third-order valence-corrected chi connectivity index (χ3v) is 3.70. The van der Waals surface area contributed by atoms with E-state index in [9.17, 15) is 4.79 Å². The Labute approximate surface area is 118 Å². The predicted molar refractivity (Wildman–Crippen MR) is 77.6 cm³/mol. The SMILES string of the molecule is CCC(CCNc1cc(SC)ncn1)CCC(=O)O. The monoisotopic (exact) mass is 283 g/mol. The molecule has 0 aliphatic heterocycles. The molecule has 1 aromatic rings. The Kier molecular flexibility index (Phi) is 7.25. The Morgan fingerprint density at radius 1 is 1.47 bits per heavy atom. The minimum absolute atomic E-state index is 0.253. The lowest BCUT2D eigenvalue weighted by Gasteiger charge is -2.14. The van der Waals surface area contributed by atoms with Gasteiger partial charge in [-0.3, -0.25) is 4.79 Å². The van der Waals surface area contributed by atoms with Gasteiger partial charge in [0.25, 0.3) is 0 Å². The molecule has 2 N–H and O–H groups in total. The van der Waals surface area contributed by atoms with Gasteiger partial charge in [-0.1, -0.05) is 13.3 Å². The number of carboxylic acid groups (broad SMARTS) is 1. The molecule has 6 heteroatoms. The van der Waals surface area contributed by atoms with Gasteiger partial charge in [0.2, 0.25) is 0 Å². The topological polar surface area (TPSA) is 75.1 Å². The normalized spacial score (nSPS) is 12.1. The number of thioether (sulfide) groups is 1. The highest BCUT2D eigenvalue weighted by atomic mass is 32.2. The fraction of sp³-hybridized carbons (Fsp3) is 0.615. The van der Waals surface area contributed by atoms with Crippen LogP contribution in [-0.4, -0.2) is 33.8 Å². The lowest BCUT2D eigenvalue weighted by atomic mass is 9.97. The second-order valence-corrected chi connectivity index (χ2v) is 5.19. The van der Waals surface area contributed by atoms with Crippen molar-refractivity contribution >= 4 is 23.5 Å². The fourth-order valence-electron chi connectivity index (χ4n) is 1.83. The summed E-state index contributed by atoms with van der Waals surface area (Å²) in [5, 5.41) is 12.9. The van der Waals surface area contributed by atoms with E-state index in [-0.39, 0.29) is 6.42 Å².